The van der Waals surface area contributed by atoms with Crippen molar-refractivity contribution in [2.75, 3.05) is 12.4 Å². The van der Waals surface area contributed by atoms with E-state index in [1.807, 2.05) is 0 Å². The summed E-state index contributed by atoms with van der Waals surface area (Å²) in [6.07, 6.45) is 2.67. The zero-order valence-electron chi connectivity index (χ0n) is 13.2. The molecule has 8 heteroatoms. The van der Waals surface area contributed by atoms with E-state index in [9.17, 15) is 9.59 Å². The number of amides is 1. The normalized spacial score (nSPS) is 10.7. The molecule has 0 fully saturated rings. The van der Waals surface area contributed by atoms with Crippen molar-refractivity contribution < 1.29 is 18.7 Å². The number of hydrogen-bond donors (Lipinski definition) is 2. The molecule has 0 bridgehead atoms. The van der Waals surface area contributed by atoms with E-state index in [2.05, 4.69) is 15.4 Å². The monoisotopic (exact) mass is 359 g/mol. The molecule has 0 unspecified atom stereocenters. The van der Waals surface area contributed by atoms with Crippen LogP contribution in [0.1, 0.15) is 16.1 Å². The van der Waals surface area contributed by atoms with Crippen molar-refractivity contribution in [3.63, 3.8) is 0 Å². The first-order chi connectivity index (χ1) is 12.0. The summed E-state index contributed by atoms with van der Waals surface area (Å²) in [5.74, 6) is -0.609. The Hall–Kier alpha value is -3.24. The molecule has 0 spiro atoms. The minimum absolute atomic E-state index is 0.148. The third-order valence-electron chi connectivity index (χ3n) is 3.13. The Balaban J connectivity index is 2.12. The molecule has 0 saturated heterocycles. The average molecular weight is 360 g/mol. The van der Waals surface area contributed by atoms with Crippen LogP contribution in [0.4, 0.5) is 5.69 Å². The van der Waals surface area contributed by atoms with Crippen LogP contribution in [0.2, 0.25) is 5.02 Å². The van der Waals surface area contributed by atoms with Crippen LogP contribution in [0, 0.1) is 11.3 Å². The maximum absolute atomic E-state index is 12.0. The number of halogens is 1. The summed E-state index contributed by atoms with van der Waals surface area (Å²) in [5, 5.41) is 14.8. The molecule has 0 aliphatic heterocycles. The third-order valence-corrected chi connectivity index (χ3v) is 3.36. The highest BCUT2D eigenvalue weighted by molar-refractivity contribution is 6.31. The van der Waals surface area contributed by atoms with Gasteiger partial charge in [0, 0.05) is 11.2 Å². The van der Waals surface area contributed by atoms with Gasteiger partial charge in [0.25, 0.3) is 5.91 Å². The van der Waals surface area contributed by atoms with Crippen LogP contribution in [0.15, 0.2) is 52.8 Å². The highest BCUT2D eigenvalue weighted by atomic mass is 35.5. The summed E-state index contributed by atoms with van der Waals surface area (Å²) in [5.41, 5.74) is 0.352. The molecular weight excluding hydrogens is 346 g/mol. The number of nitrogens with zero attached hydrogens (tertiary/aromatic N) is 1. The Morgan fingerprint density at radius 2 is 2.20 bits per heavy atom. The van der Waals surface area contributed by atoms with Crippen molar-refractivity contribution in [2.45, 2.75) is 6.54 Å². The van der Waals surface area contributed by atoms with Crippen molar-refractivity contribution in [1.29, 1.82) is 5.26 Å². The van der Waals surface area contributed by atoms with Crippen LogP contribution in [-0.4, -0.2) is 19.0 Å². The second kappa shape index (κ2) is 8.57. The van der Waals surface area contributed by atoms with Crippen molar-refractivity contribution in [3.05, 3.63) is 64.7 Å². The fourth-order valence-electron chi connectivity index (χ4n) is 1.90. The first kappa shape index (κ1) is 18.1. The molecule has 128 valence electrons. The number of nitriles is 1. The number of carbonyl (C=O) groups is 2. The number of carbonyl (C=O) groups excluding carboxylic acids is 2. The summed E-state index contributed by atoms with van der Waals surface area (Å²) in [4.78, 5) is 23.8. The number of rotatable bonds is 6. The van der Waals surface area contributed by atoms with Crippen molar-refractivity contribution in [2.24, 2.45) is 0 Å². The van der Waals surface area contributed by atoms with Crippen molar-refractivity contribution >= 4 is 29.2 Å². The molecule has 1 heterocycles. The van der Waals surface area contributed by atoms with Crippen molar-refractivity contribution in [1.82, 2.24) is 5.32 Å². The molecule has 0 radical (unpaired) electrons. The second-order valence-corrected chi connectivity index (χ2v) is 5.19. The smallest absolute Gasteiger partial charge is 0.339 e. The van der Waals surface area contributed by atoms with E-state index in [0.717, 1.165) is 0 Å². The molecule has 7 nitrogen and oxygen atoms in total. The van der Waals surface area contributed by atoms with Gasteiger partial charge >= 0.3 is 5.97 Å². The predicted molar refractivity (Wildman–Crippen MR) is 90.7 cm³/mol. The maximum Gasteiger partial charge on any atom is 0.339 e. The number of methoxy groups -OCH3 is 1. The molecule has 1 amide bonds. The molecular formula is C17H14ClN3O4. The van der Waals surface area contributed by atoms with Gasteiger partial charge in [-0.25, -0.2) is 4.79 Å². The quantitative estimate of drug-likeness (QED) is 0.467. The van der Waals surface area contributed by atoms with Crippen LogP contribution >= 0.6 is 11.6 Å². The Bertz CT molecular complexity index is 838. The Kier molecular flexibility index (Phi) is 6.20. The Morgan fingerprint density at radius 3 is 2.84 bits per heavy atom. The highest BCUT2D eigenvalue weighted by Gasteiger charge is 2.13. The number of nitrogens with one attached hydrogen (secondary N) is 2. The lowest BCUT2D eigenvalue weighted by molar-refractivity contribution is -0.117. The van der Waals surface area contributed by atoms with Gasteiger partial charge in [-0.2, -0.15) is 5.26 Å². The van der Waals surface area contributed by atoms with Crippen molar-refractivity contribution in [3.8, 4) is 6.07 Å². The van der Waals surface area contributed by atoms with Gasteiger partial charge in [0.15, 0.2) is 0 Å². The Morgan fingerprint density at radius 1 is 1.40 bits per heavy atom. The van der Waals surface area contributed by atoms with Gasteiger partial charge in [0.2, 0.25) is 0 Å². The number of hydrogen-bond acceptors (Lipinski definition) is 6. The summed E-state index contributed by atoms with van der Waals surface area (Å²) in [7, 11) is 1.25. The number of anilines is 1. The average Bonchev–Trinajstić information content (AvgIpc) is 3.13. The molecule has 2 N–H and O–H groups in total. The zero-order chi connectivity index (χ0) is 18.2. The van der Waals surface area contributed by atoms with Gasteiger partial charge in [-0.3, -0.25) is 4.79 Å². The molecule has 0 aliphatic carbocycles. The van der Waals surface area contributed by atoms with Gasteiger partial charge in [-0.15, -0.1) is 0 Å². The van der Waals surface area contributed by atoms with E-state index in [4.69, 9.17) is 21.3 Å². The first-order valence-corrected chi connectivity index (χ1v) is 7.48. The second-order valence-electron chi connectivity index (χ2n) is 4.76. The van der Waals surface area contributed by atoms with Gasteiger partial charge in [-0.05, 0) is 30.3 Å². The van der Waals surface area contributed by atoms with Gasteiger partial charge in [0.05, 0.1) is 31.2 Å². The van der Waals surface area contributed by atoms with Crippen LogP contribution < -0.4 is 10.6 Å². The first-order valence-electron chi connectivity index (χ1n) is 7.10. The minimum Gasteiger partial charge on any atom is -0.467 e. The van der Waals surface area contributed by atoms with E-state index in [-0.39, 0.29) is 17.7 Å². The summed E-state index contributed by atoms with van der Waals surface area (Å²) in [6.45, 7) is 0.148. The van der Waals surface area contributed by atoms with E-state index in [1.165, 1.54) is 37.8 Å². The number of ether oxygens (including phenoxy) is 1. The molecule has 0 aliphatic rings. The molecule has 1 aromatic carbocycles. The molecule has 2 aromatic rings. The number of esters is 1. The predicted octanol–water partition coefficient (Wildman–Crippen LogP) is 2.86. The van der Waals surface area contributed by atoms with Gasteiger partial charge < -0.3 is 19.8 Å². The molecule has 1 aromatic heterocycles. The largest absolute Gasteiger partial charge is 0.467 e. The lowest BCUT2D eigenvalue weighted by atomic mass is 10.1. The van der Waals surface area contributed by atoms with E-state index in [0.29, 0.717) is 16.5 Å². The van der Waals surface area contributed by atoms with Crippen LogP contribution in [-0.2, 0) is 16.1 Å². The standard InChI is InChI=1S/C17H14ClN3O4/c1-24-17(23)14-5-4-12(18)7-15(14)20-9-11(8-19)16(22)21-10-13-3-2-6-25-13/h2-7,9,20H,10H2,1H3,(H,21,22)/b11-9+. The van der Waals surface area contributed by atoms with Crippen LogP contribution in [0.5, 0.6) is 0 Å². The van der Waals surface area contributed by atoms with E-state index < -0.39 is 11.9 Å². The Labute approximate surface area is 148 Å². The fraction of sp³-hybridized carbons (Fsp3) is 0.118. The van der Waals surface area contributed by atoms with Crippen LogP contribution in [0.25, 0.3) is 0 Å². The number of benzene rings is 1. The minimum atomic E-state index is -0.590. The summed E-state index contributed by atoms with van der Waals surface area (Å²) in [6, 6.07) is 9.67. The molecule has 25 heavy (non-hydrogen) atoms. The van der Waals surface area contributed by atoms with Gasteiger partial charge in [-0.1, -0.05) is 11.6 Å². The topological polar surface area (TPSA) is 104 Å². The lowest BCUT2D eigenvalue weighted by Gasteiger charge is -2.09. The lowest BCUT2D eigenvalue weighted by Crippen LogP contribution is -2.24. The van der Waals surface area contributed by atoms with Gasteiger partial charge in [0.1, 0.15) is 17.4 Å². The van der Waals surface area contributed by atoms with Crippen LogP contribution in [0.3, 0.4) is 0 Å². The third kappa shape index (κ3) is 4.86. The fourth-order valence-corrected chi connectivity index (χ4v) is 2.07. The maximum atomic E-state index is 12.0. The van der Waals surface area contributed by atoms with E-state index >= 15 is 0 Å². The molecule has 0 saturated carbocycles. The molecule has 0 atom stereocenters. The van der Waals surface area contributed by atoms with E-state index in [1.54, 1.807) is 18.2 Å². The summed E-state index contributed by atoms with van der Waals surface area (Å²) >= 11 is 5.92. The SMILES string of the molecule is COC(=O)c1ccc(Cl)cc1N/C=C(\C#N)C(=O)NCc1ccco1. The summed E-state index contributed by atoms with van der Waals surface area (Å²) < 4.78 is 9.78. The highest BCUT2D eigenvalue weighted by Crippen LogP contribution is 2.22. The zero-order valence-corrected chi connectivity index (χ0v) is 14.0. The molecule has 2 rings (SSSR count). The number of furan rings is 1.